The Bertz CT molecular complexity index is 1520. The lowest BCUT2D eigenvalue weighted by Crippen LogP contribution is -2.44. The molecule has 0 fully saturated rings. The van der Waals surface area contributed by atoms with Crippen LogP contribution in [0.2, 0.25) is 5.02 Å². The predicted octanol–water partition coefficient (Wildman–Crippen LogP) is 3.25. The second-order valence-electron chi connectivity index (χ2n) is 8.29. The summed E-state index contributed by atoms with van der Waals surface area (Å²) in [4.78, 5) is 46.1. The number of carbonyl (C=O) groups is 1. The number of aryl methyl sites for hydroxylation is 2. The molecule has 2 N–H and O–H groups in total. The van der Waals surface area contributed by atoms with Gasteiger partial charge in [0.15, 0.2) is 0 Å². The van der Waals surface area contributed by atoms with Crippen LogP contribution in [-0.2, 0) is 24.4 Å². The Hall–Kier alpha value is -3.92. The van der Waals surface area contributed by atoms with Gasteiger partial charge in [-0.3, -0.25) is 9.36 Å². The van der Waals surface area contributed by atoms with Gasteiger partial charge in [-0.05, 0) is 49.7 Å². The standard InChI is InChI=1S/C24H25ClN6O4/c1-4-29-15(3)26-19-11-18(9-10-20(19)29)27-22-28-23(34)31(12-14(2)21(32)33)24(35)30(22)13-16-5-7-17(25)8-6-16/h5-11,14H,4,12-13H2,1-3H3,(H,32,33)(H,27,28,34)/t14-/m1/s1. The molecule has 2 heterocycles. The topological polar surface area (TPSA) is 124 Å². The fourth-order valence-corrected chi connectivity index (χ4v) is 4.03. The zero-order chi connectivity index (χ0) is 25.3. The number of fused-ring (bicyclic) bond motifs is 1. The summed E-state index contributed by atoms with van der Waals surface area (Å²) in [5, 5.41) is 12.9. The minimum Gasteiger partial charge on any atom is -0.481 e. The number of imidazole rings is 1. The van der Waals surface area contributed by atoms with Crippen molar-refractivity contribution in [2.75, 3.05) is 5.32 Å². The quantitative estimate of drug-likeness (QED) is 0.383. The number of benzene rings is 2. The first-order valence-corrected chi connectivity index (χ1v) is 11.5. The molecule has 2 aromatic carbocycles. The van der Waals surface area contributed by atoms with Crippen molar-refractivity contribution in [1.29, 1.82) is 0 Å². The summed E-state index contributed by atoms with van der Waals surface area (Å²) in [5.74, 6) is -1.13. The molecule has 0 spiro atoms. The highest BCUT2D eigenvalue weighted by Crippen LogP contribution is 2.22. The number of halogens is 1. The van der Waals surface area contributed by atoms with Crippen LogP contribution in [-0.4, -0.2) is 34.7 Å². The minimum atomic E-state index is -1.11. The first-order valence-electron chi connectivity index (χ1n) is 11.1. The molecule has 0 radical (unpaired) electrons. The van der Waals surface area contributed by atoms with Gasteiger partial charge >= 0.3 is 17.3 Å². The summed E-state index contributed by atoms with van der Waals surface area (Å²) in [5.41, 5.74) is 1.61. The van der Waals surface area contributed by atoms with Crippen LogP contribution in [0.15, 0.2) is 52.1 Å². The normalized spacial score (nSPS) is 12.1. The molecule has 182 valence electrons. The van der Waals surface area contributed by atoms with E-state index in [1.807, 2.05) is 32.0 Å². The lowest BCUT2D eigenvalue weighted by Gasteiger charge is -2.16. The SMILES string of the molecule is CCn1c(C)nc2cc(Nc3nc(=O)n(C[C@@H](C)C(=O)O)c(=O)n3Cc3ccc(Cl)cc3)ccc21. The Morgan fingerprint density at radius 1 is 1.09 bits per heavy atom. The summed E-state index contributed by atoms with van der Waals surface area (Å²) in [6.45, 7) is 5.99. The van der Waals surface area contributed by atoms with Crippen LogP contribution < -0.4 is 16.7 Å². The van der Waals surface area contributed by atoms with Gasteiger partial charge in [0, 0.05) is 23.8 Å². The molecule has 35 heavy (non-hydrogen) atoms. The van der Waals surface area contributed by atoms with Crippen molar-refractivity contribution in [3.05, 3.63) is 79.8 Å². The van der Waals surface area contributed by atoms with Crippen LogP contribution in [0.5, 0.6) is 0 Å². The average Bonchev–Trinajstić information content (AvgIpc) is 3.14. The highest BCUT2D eigenvalue weighted by Gasteiger charge is 2.19. The van der Waals surface area contributed by atoms with Gasteiger partial charge in [-0.25, -0.2) is 19.1 Å². The van der Waals surface area contributed by atoms with Gasteiger partial charge in [-0.1, -0.05) is 30.7 Å². The second kappa shape index (κ2) is 9.75. The van der Waals surface area contributed by atoms with Crippen LogP contribution in [0.25, 0.3) is 11.0 Å². The highest BCUT2D eigenvalue weighted by atomic mass is 35.5. The Morgan fingerprint density at radius 2 is 1.80 bits per heavy atom. The van der Waals surface area contributed by atoms with Crippen molar-refractivity contribution < 1.29 is 9.90 Å². The molecule has 0 aliphatic heterocycles. The summed E-state index contributed by atoms with van der Waals surface area (Å²) >= 11 is 5.99. The van der Waals surface area contributed by atoms with Crippen molar-refractivity contribution in [2.24, 2.45) is 5.92 Å². The molecule has 0 aliphatic carbocycles. The predicted molar refractivity (Wildman–Crippen MR) is 134 cm³/mol. The van der Waals surface area contributed by atoms with E-state index in [2.05, 4.69) is 19.9 Å². The Labute approximate surface area is 205 Å². The largest absolute Gasteiger partial charge is 0.481 e. The van der Waals surface area contributed by atoms with E-state index in [4.69, 9.17) is 11.6 Å². The van der Waals surface area contributed by atoms with E-state index in [0.29, 0.717) is 10.7 Å². The summed E-state index contributed by atoms with van der Waals surface area (Å²) in [6, 6.07) is 12.5. The number of hydrogen-bond acceptors (Lipinski definition) is 6. The summed E-state index contributed by atoms with van der Waals surface area (Å²) in [7, 11) is 0. The molecule has 11 heteroatoms. The number of anilines is 2. The molecule has 4 rings (SSSR count). The smallest absolute Gasteiger partial charge is 0.354 e. The molecule has 0 unspecified atom stereocenters. The van der Waals surface area contributed by atoms with Crippen molar-refractivity contribution >= 4 is 40.2 Å². The number of nitrogens with zero attached hydrogens (tertiary/aromatic N) is 5. The van der Waals surface area contributed by atoms with E-state index in [-0.39, 0.29) is 19.0 Å². The van der Waals surface area contributed by atoms with Crippen molar-refractivity contribution in [3.63, 3.8) is 0 Å². The molecule has 4 aromatic rings. The molecule has 2 aromatic heterocycles. The van der Waals surface area contributed by atoms with E-state index in [9.17, 15) is 19.5 Å². The van der Waals surface area contributed by atoms with E-state index in [0.717, 1.165) is 33.5 Å². The van der Waals surface area contributed by atoms with Crippen molar-refractivity contribution in [2.45, 2.75) is 40.4 Å². The van der Waals surface area contributed by atoms with Crippen LogP contribution in [0.3, 0.4) is 0 Å². The van der Waals surface area contributed by atoms with Gasteiger partial charge in [0.1, 0.15) is 5.82 Å². The van der Waals surface area contributed by atoms with E-state index >= 15 is 0 Å². The molecule has 0 aliphatic rings. The number of aromatic nitrogens is 5. The monoisotopic (exact) mass is 496 g/mol. The number of carboxylic acid groups (broad SMARTS) is 1. The van der Waals surface area contributed by atoms with Crippen LogP contribution in [0, 0.1) is 12.8 Å². The van der Waals surface area contributed by atoms with E-state index < -0.39 is 23.3 Å². The number of nitrogens with one attached hydrogen (secondary N) is 1. The van der Waals surface area contributed by atoms with Gasteiger partial charge in [-0.15, -0.1) is 0 Å². The second-order valence-corrected chi connectivity index (χ2v) is 8.73. The van der Waals surface area contributed by atoms with E-state index in [1.54, 1.807) is 24.3 Å². The lowest BCUT2D eigenvalue weighted by atomic mass is 10.2. The summed E-state index contributed by atoms with van der Waals surface area (Å²) < 4.78 is 4.23. The molecule has 0 amide bonds. The van der Waals surface area contributed by atoms with Gasteiger partial charge in [0.25, 0.3) is 0 Å². The highest BCUT2D eigenvalue weighted by molar-refractivity contribution is 6.30. The molecular formula is C24H25ClN6O4. The number of aliphatic carboxylic acids is 1. The maximum absolute atomic E-state index is 13.3. The van der Waals surface area contributed by atoms with Gasteiger partial charge in [-0.2, -0.15) is 4.98 Å². The van der Waals surface area contributed by atoms with Gasteiger partial charge < -0.3 is 15.0 Å². The first-order chi connectivity index (χ1) is 16.7. The Kier molecular flexibility index (Phi) is 6.74. The molecule has 0 bridgehead atoms. The number of rotatable bonds is 8. The zero-order valence-corrected chi connectivity index (χ0v) is 20.3. The molecular weight excluding hydrogens is 472 g/mol. The molecule has 0 saturated carbocycles. The number of carboxylic acids is 1. The van der Waals surface area contributed by atoms with Crippen LogP contribution in [0.1, 0.15) is 25.2 Å². The molecule has 10 nitrogen and oxygen atoms in total. The maximum Gasteiger partial charge on any atom is 0.354 e. The Morgan fingerprint density at radius 3 is 2.46 bits per heavy atom. The Balaban J connectivity index is 1.79. The molecule has 0 saturated heterocycles. The average molecular weight is 497 g/mol. The minimum absolute atomic E-state index is 0.0418. The third-order valence-corrected chi connectivity index (χ3v) is 6.05. The third kappa shape index (κ3) is 4.97. The third-order valence-electron chi connectivity index (χ3n) is 5.79. The van der Waals surface area contributed by atoms with Crippen molar-refractivity contribution in [3.8, 4) is 0 Å². The van der Waals surface area contributed by atoms with Crippen LogP contribution >= 0.6 is 11.6 Å². The zero-order valence-electron chi connectivity index (χ0n) is 19.5. The number of hydrogen-bond donors (Lipinski definition) is 2. The van der Waals surface area contributed by atoms with Crippen molar-refractivity contribution in [1.82, 2.24) is 23.7 Å². The van der Waals surface area contributed by atoms with Gasteiger partial charge in [0.2, 0.25) is 5.95 Å². The first kappa shape index (κ1) is 24.2. The van der Waals surface area contributed by atoms with Gasteiger partial charge in [0.05, 0.1) is 23.5 Å². The lowest BCUT2D eigenvalue weighted by molar-refractivity contribution is -0.141. The van der Waals surface area contributed by atoms with Crippen LogP contribution in [0.4, 0.5) is 11.6 Å². The molecule has 1 atom stereocenters. The summed E-state index contributed by atoms with van der Waals surface area (Å²) in [6.07, 6.45) is 0. The fourth-order valence-electron chi connectivity index (χ4n) is 3.90. The van der Waals surface area contributed by atoms with E-state index in [1.165, 1.54) is 11.5 Å². The fraction of sp³-hybridized carbons (Fsp3) is 0.292. The maximum atomic E-state index is 13.3.